The summed E-state index contributed by atoms with van der Waals surface area (Å²) in [6.07, 6.45) is 0. The van der Waals surface area contributed by atoms with Gasteiger partial charge in [0.2, 0.25) is 5.91 Å². The molecule has 0 aromatic heterocycles. The number of ether oxygens (including phenoxy) is 2. The second-order valence-corrected chi connectivity index (χ2v) is 7.81. The predicted octanol–water partition coefficient (Wildman–Crippen LogP) is 2.31. The van der Waals surface area contributed by atoms with E-state index < -0.39 is 15.9 Å². The van der Waals surface area contributed by atoms with Crippen LogP contribution in [0.15, 0.2) is 53.4 Å². The molecule has 0 fully saturated rings. The summed E-state index contributed by atoms with van der Waals surface area (Å²) < 4.78 is 37.2. The van der Waals surface area contributed by atoms with Crippen molar-refractivity contribution in [2.75, 3.05) is 38.2 Å². The molecule has 1 N–H and O–H groups in total. The number of hydrogen-bond donors (Lipinski definition) is 1. The molecule has 0 saturated carbocycles. The Morgan fingerprint density at radius 2 is 1.70 bits per heavy atom. The number of hydrogen-bond acceptors (Lipinski definition) is 5. The highest BCUT2D eigenvalue weighted by molar-refractivity contribution is 7.92. The van der Waals surface area contributed by atoms with Crippen molar-refractivity contribution in [2.24, 2.45) is 0 Å². The molecule has 2 aromatic carbocycles. The lowest BCUT2D eigenvalue weighted by atomic mass is 10.3. The monoisotopic (exact) mass is 412 g/mol. The van der Waals surface area contributed by atoms with Gasteiger partial charge in [-0.25, -0.2) is 8.42 Å². The fourth-order valence-corrected chi connectivity index (χ4v) is 3.82. The van der Waals surface area contributed by atoms with Gasteiger partial charge in [0, 0.05) is 18.7 Å². The van der Waals surface area contributed by atoms with Crippen LogP contribution in [-0.2, 0) is 19.6 Å². The van der Waals surface area contributed by atoms with E-state index in [-0.39, 0.29) is 18.0 Å². The Labute approximate surface area is 163 Å². The van der Waals surface area contributed by atoms with Crippen LogP contribution in [0, 0.1) is 0 Å². The number of rotatable bonds is 9. The van der Waals surface area contributed by atoms with Crippen LogP contribution in [0.4, 0.5) is 5.69 Å². The Morgan fingerprint density at radius 3 is 2.26 bits per heavy atom. The largest absolute Gasteiger partial charge is 0.497 e. The number of carbonyl (C=O) groups is 1. The van der Waals surface area contributed by atoms with Crippen molar-refractivity contribution in [1.82, 2.24) is 5.32 Å². The summed E-state index contributed by atoms with van der Waals surface area (Å²) in [4.78, 5) is 12.3. The Balaban J connectivity index is 2.34. The van der Waals surface area contributed by atoms with Gasteiger partial charge >= 0.3 is 0 Å². The topological polar surface area (TPSA) is 84.9 Å². The first kappa shape index (κ1) is 21.0. The molecule has 0 atom stereocenters. The first-order valence-electron chi connectivity index (χ1n) is 8.06. The van der Waals surface area contributed by atoms with E-state index in [1.54, 1.807) is 36.4 Å². The molecule has 0 radical (unpaired) electrons. The highest BCUT2D eigenvalue weighted by Crippen LogP contribution is 2.26. The lowest BCUT2D eigenvalue weighted by Crippen LogP contribution is -2.41. The molecule has 146 valence electrons. The lowest BCUT2D eigenvalue weighted by molar-refractivity contribution is -0.119. The zero-order chi connectivity index (χ0) is 19.9. The fraction of sp³-hybridized carbons (Fsp3) is 0.278. The predicted molar refractivity (Wildman–Crippen MR) is 104 cm³/mol. The highest BCUT2D eigenvalue weighted by Gasteiger charge is 2.27. The minimum Gasteiger partial charge on any atom is -0.497 e. The van der Waals surface area contributed by atoms with Gasteiger partial charge in [-0.3, -0.25) is 9.10 Å². The smallest absolute Gasteiger partial charge is 0.264 e. The van der Waals surface area contributed by atoms with Gasteiger partial charge in [0.25, 0.3) is 10.0 Å². The minimum atomic E-state index is -3.98. The molecule has 2 rings (SSSR count). The molecule has 0 aliphatic heterocycles. The summed E-state index contributed by atoms with van der Waals surface area (Å²) in [5.74, 6) is 0.0865. The van der Waals surface area contributed by atoms with Crippen molar-refractivity contribution >= 4 is 33.2 Å². The maximum Gasteiger partial charge on any atom is 0.264 e. The third-order valence-corrected chi connectivity index (χ3v) is 5.72. The number of amides is 1. The maximum absolute atomic E-state index is 13.1. The number of halogens is 1. The molecule has 9 heteroatoms. The normalized spacial score (nSPS) is 11.1. The highest BCUT2D eigenvalue weighted by atomic mass is 35.5. The zero-order valence-corrected chi connectivity index (χ0v) is 16.6. The Hall–Kier alpha value is -2.29. The molecule has 0 unspecified atom stereocenters. The Kier molecular flexibility index (Phi) is 7.46. The summed E-state index contributed by atoms with van der Waals surface area (Å²) in [6.45, 7) is 0.240. The van der Waals surface area contributed by atoms with Crippen molar-refractivity contribution in [2.45, 2.75) is 4.90 Å². The van der Waals surface area contributed by atoms with E-state index in [0.29, 0.717) is 23.1 Å². The molecule has 0 bridgehead atoms. The molecule has 1 amide bonds. The van der Waals surface area contributed by atoms with E-state index in [1.807, 2.05) is 0 Å². The summed E-state index contributed by atoms with van der Waals surface area (Å²) in [7, 11) is -0.967. The molecular formula is C18H21ClN2O5S. The van der Waals surface area contributed by atoms with Crippen LogP contribution in [0.1, 0.15) is 0 Å². The van der Waals surface area contributed by atoms with E-state index >= 15 is 0 Å². The van der Waals surface area contributed by atoms with Crippen LogP contribution >= 0.6 is 11.6 Å². The van der Waals surface area contributed by atoms with Crippen LogP contribution in [0.25, 0.3) is 0 Å². The number of anilines is 1. The van der Waals surface area contributed by atoms with Gasteiger partial charge in [0.15, 0.2) is 0 Å². The average molecular weight is 413 g/mol. The zero-order valence-electron chi connectivity index (χ0n) is 15.0. The van der Waals surface area contributed by atoms with Crippen molar-refractivity contribution < 1.29 is 22.7 Å². The number of benzene rings is 2. The molecule has 0 spiro atoms. The fourth-order valence-electron chi connectivity index (χ4n) is 2.28. The molecular weight excluding hydrogens is 392 g/mol. The minimum absolute atomic E-state index is 0.0444. The summed E-state index contributed by atoms with van der Waals surface area (Å²) in [5.41, 5.74) is 0.331. The summed E-state index contributed by atoms with van der Waals surface area (Å²) in [5, 5.41) is 3.08. The summed E-state index contributed by atoms with van der Waals surface area (Å²) in [6, 6.07) is 12.2. The second kappa shape index (κ2) is 9.59. The van der Waals surface area contributed by atoms with Crippen LogP contribution < -0.4 is 14.4 Å². The maximum atomic E-state index is 13.1. The van der Waals surface area contributed by atoms with Crippen molar-refractivity contribution in [1.29, 1.82) is 0 Å². The third-order valence-electron chi connectivity index (χ3n) is 3.68. The third kappa shape index (κ3) is 5.59. The van der Waals surface area contributed by atoms with E-state index in [0.717, 1.165) is 4.31 Å². The van der Waals surface area contributed by atoms with Gasteiger partial charge < -0.3 is 14.8 Å². The van der Waals surface area contributed by atoms with E-state index in [1.165, 1.54) is 26.4 Å². The number of methoxy groups -OCH3 is 2. The van der Waals surface area contributed by atoms with E-state index in [2.05, 4.69) is 5.32 Å². The van der Waals surface area contributed by atoms with Crippen LogP contribution in [0.5, 0.6) is 5.75 Å². The first-order valence-corrected chi connectivity index (χ1v) is 9.88. The van der Waals surface area contributed by atoms with E-state index in [9.17, 15) is 13.2 Å². The van der Waals surface area contributed by atoms with Gasteiger partial charge in [-0.2, -0.15) is 0 Å². The molecule has 0 saturated heterocycles. The van der Waals surface area contributed by atoms with Crippen LogP contribution in [-0.4, -0.2) is 48.2 Å². The standard InChI is InChI=1S/C18H21ClN2O5S/c1-25-12-11-20-18(22)13-21(15-5-3-14(19)4-6-15)27(23,24)17-9-7-16(26-2)8-10-17/h3-10H,11-13H2,1-2H3,(H,20,22). The average Bonchev–Trinajstić information content (AvgIpc) is 2.67. The number of sulfonamides is 1. The number of carbonyl (C=O) groups excluding carboxylic acids is 1. The van der Waals surface area contributed by atoms with Gasteiger partial charge in [-0.05, 0) is 48.5 Å². The van der Waals surface area contributed by atoms with Gasteiger partial charge in [-0.15, -0.1) is 0 Å². The Bertz CT molecular complexity index is 854. The molecule has 27 heavy (non-hydrogen) atoms. The lowest BCUT2D eigenvalue weighted by Gasteiger charge is -2.24. The quantitative estimate of drug-likeness (QED) is 0.639. The molecule has 0 aliphatic carbocycles. The van der Waals surface area contributed by atoms with Crippen molar-refractivity contribution in [3.8, 4) is 5.75 Å². The van der Waals surface area contributed by atoms with Gasteiger partial charge in [0.1, 0.15) is 12.3 Å². The van der Waals surface area contributed by atoms with Gasteiger partial charge in [0.05, 0.1) is 24.3 Å². The number of nitrogens with zero attached hydrogens (tertiary/aromatic N) is 1. The van der Waals surface area contributed by atoms with Crippen molar-refractivity contribution in [3.63, 3.8) is 0 Å². The van der Waals surface area contributed by atoms with Crippen LogP contribution in [0.2, 0.25) is 5.02 Å². The molecule has 7 nitrogen and oxygen atoms in total. The SMILES string of the molecule is COCCNC(=O)CN(c1ccc(Cl)cc1)S(=O)(=O)c1ccc(OC)cc1. The molecule has 0 aliphatic rings. The van der Waals surface area contributed by atoms with Crippen LogP contribution in [0.3, 0.4) is 0 Å². The first-order chi connectivity index (χ1) is 12.9. The van der Waals surface area contributed by atoms with Gasteiger partial charge in [-0.1, -0.05) is 11.6 Å². The number of nitrogens with one attached hydrogen (secondary N) is 1. The second-order valence-electron chi connectivity index (χ2n) is 5.51. The molecule has 0 heterocycles. The van der Waals surface area contributed by atoms with Crippen molar-refractivity contribution in [3.05, 3.63) is 53.6 Å². The Morgan fingerprint density at radius 1 is 1.07 bits per heavy atom. The summed E-state index contributed by atoms with van der Waals surface area (Å²) >= 11 is 5.90. The van der Waals surface area contributed by atoms with E-state index in [4.69, 9.17) is 21.1 Å². The molecule has 2 aromatic rings.